The number of ether oxygens (including phenoxy) is 1. The molecule has 2 aromatic carbocycles. The van der Waals surface area contributed by atoms with Gasteiger partial charge in [-0.25, -0.2) is 0 Å². The van der Waals surface area contributed by atoms with Gasteiger partial charge in [0.25, 0.3) is 17.7 Å². The fourth-order valence-electron chi connectivity index (χ4n) is 4.84. The van der Waals surface area contributed by atoms with E-state index in [0.29, 0.717) is 41.4 Å². The number of esters is 1. The number of hydrogen-bond donors (Lipinski definition) is 0. The third kappa shape index (κ3) is 4.38. The summed E-state index contributed by atoms with van der Waals surface area (Å²) in [4.78, 5) is 53.2. The first-order valence-corrected chi connectivity index (χ1v) is 11.2. The van der Waals surface area contributed by atoms with Crippen molar-refractivity contribution in [2.45, 2.75) is 33.1 Å². The lowest BCUT2D eigenvalue weighted by molar-refractivity contribution is -0.153. The molecule has 0 radical (unpaired) electrons. The Balaban J connectivity index is 1.29. The Morgan fingerprint density at radius 1 is 0.969 bits per heavy atom. The fourth-order valence-corrected chi connectivity index (χ4v) is 4.84. The van der Waals surface area contributed by atoms with E-state index in [2.05, 4.69) is 13.8 Å². The summed E-state index contributed by atoms with van der Waals surface area (Å²) >= 11 is 0. The number of nitrogens with zero attached hydrogens (tertiary/aromatic N) is 2. The molecule has 0 bridgehead atoms. The van der Waals surface area contributed by atoms with Gasteiger partial charge in [-0.1, -0.05) is 38.1 Å². The van der Waals surface area contributed by atoms with Gasteiger partial charge < -0.3 is 9.64 Å². The molecule has 1 saturated heterocycles. The maximum Gasteiger partial charge on any atom is 0.306 e. The summed E-state index contributed by atoms with van der Waals surface area (Å²) in [5.74, 6) is -0.505. The highest BCUT2D eigenvalue weighted by molar-refractivity contribution is 6.25. The zero-order valence-corrected chi connectivity index (χ0v) is 18.5. The van der Waals surface area contributed by atoms with E-state index in [1.165, 1.54) is 4.90 Å². The zero-order chi connectivity index (χ0) is 22.8. The van der Waals surface area contributed by atoms with E-state index >= 15 is 0 Å². The van der Waals surface area contributed by atoms with Gasteiger partial charge in [0, 0.05) is 42.6 Å². The van der Waals surface area contributed by atoms with Crippen LogP contribution >= 0.6 is 0 Å². The van der Waals surface area contributed by atoms with E-state index in [4.69, 9.17) is 4.74 Å². The third-order valence-corrected chi connectivity index (χ3v) is 6.20. The topological polar surface area (TPSA) is 84.0 Å². The normalized spacial score (nSPS) is 20.6. The van der Waals surface area contributed by atoms with E-state index in [9.17, 15) is 19.2 Å². The summed E-state index contributed by atoms with van der Waals surface area (Å²) in [6.07, 6.45) is 1.40. The van der Waals surface area contributed by atoms with Crippen LogP contribution in [0.5, 0.6) is 0 Å². The van der Waals surface area contributed by atoms with E-state index < -0.39 is 5.97 Å². The van der Waals surface area contributed by atoms with Crippen molar-refractivity contribution >= 4 is 34.5 Å². The molecule has 2 aliphatic rings. The van der Waals surface area contributed by atoms with Crippen LogP contribution in [0.15, 0.2) is 36.4 Å². The van der Waals surface area contributed by atoms with Gasteiger partial charge in [0.2, 0.25) is 0 Å². The summed E-state index contributed by atoms with van der Waals surface area (Å²) in [6, 6.07) is 10.8. The average Bonchev–Trinajstić information content (AvgIpc) is 2.77. The van der Waals surface area contributed by atoms with Gasteiger partial charge in [-0.05, 0) is 42.2 Å². The summed E-state index contributed by atoms with van der Waals surface area (Å²) in [5.41, 5.74) is 0.992. The fraction of sp³-hybridized carbons (Fsp3) is 0.440. The second-order valence-electron chi connectivity index (χ2n) is 8.98. The predicted molar refractivity (Wildman–Crippen MR) is 119 cm³/mol. The molecule has 2 aliphatic heterocycles. The van der Waals surface area contributed by atoms with Crippen molar-refractivity contribution in [2.24, 2.45) is 11.8 Å². The highest BCUT2D eigenvalue weighted by Gasteiger charge is 2.32. The molecule has 3 amide bonds. The molecule has 0 saturated carbocycles. The van der Waals surface area contributed by atoms with Gasteiger partial charge in [-0.3, -0.25) is 24.1 Å². The van der Waals surface area contributed by atoms with Crippen molar-refractivity contribution in [3.05, 3.63) is 47.5 Å². The number of carbonyl (C=O) groups is 4. The second-order valence-corrected chi connectivity index (χ2v) is 8.98. The molecule has 0 unspecified atom stereocenters. The monoisotopic (exact) mass is 436 g/mol. The minimum absolute atomic E-state index is 0.0307. The predicted octanol–water partition coefficient (Wildman–Crippen LogP) is 3.26. The average molecular weight is 437 g/mol. The first kappa shape index (κ1) is 22.0. The third-order valence-electron chi connectivity index (χ3n) is 6.20. The van der Waals surface area contributed by atoms with Crippen LogP contribution in [0.3, 0.4) is 0 Å². The first-order chi connectivity index (χ1) is 15.3. The molecule has 4 rings (SSSR count). The molecule has 0 N–H and O–H groups in total. The van der Waals surface area contributed by atoms with E-state index in [0.717, 1.165) is 11.8 Å². The maximum absolute atomic E-state index is 12.9. The van der Waals surface area contributed by atoms with Crippen molar-refractivity contribution in [1.29, 1.82) is 0 Å². The van der Waals surface area contributed by atoms with Crippen molar-refractivity contribution < 1.29 is 23.9 Å². The Bertz CT molecular complexity index is 1020. The minimum Gasteiger partial charge on any atom is -0.456 e. The Labute approximate surface area is 187 Å². The summed E-state index contributed by atoms with van der Waals surface area (Å²) in [6.45, 7) is 5.46. The smallest absolute Gasteiger partial charge is 0.306 e. The molecule has 7 heteroatoms. The Kier molecular flexibility index (Phi) is 6.26. The first-order valence-electron chi connectivity index (χ1n) is 11.2. The molecule has 7 nitrogen and oxygen atoms in total. The second kappa shape index (κ2) is 9.10. The van der Waals surface area contributed by atoms with Crippen molar-refractivity contribution in [3.63, 3.8) is 0 Å². The zero-order valence-electron chi connectivity index (χ0n) is 18.5. The molecule has 32 heavy (non-hydrogen) atoms. The van der Waals surface area contributed by atoms with Crippen LogP contribution in [-0.4, -0.2) is 59.7 Å². The number of hydrogen-bond acceptors (Lipinski definition) is 5. The summed E-state index contributed by atoms with van der Waals surface area (Å²) in [7, 11) is 0. The molecule has 2 aromatic rings. The van der Waals surface area contributed by atoms with Gasteiger partial charge in [0.05, 0.1) is 0 Å². The highest BCUT2D eigenvalue weighted by Crippen LogP contribution is 2.30. The SMILES string of the molecule is C[C@@H]1C[C@@H](C)CN(C(=O)COC(=O)CCCN2C(=O)c3cccc4cccc(c34)C2=O)C1. The van der Waals surface area contributed by atoms with Crippen LogP contribution in [-0.2, 0) is 14.3 Å². The summed E-state index contributed by atoms with van der Waals surface area (Å²) < 4.78 is 5.15. The number of carbonyl (C=O) groups excluding carboxylic acids is 4. The van der Waals surface area contributed by atoms with Crippen LogP contribution in [0.1, 0.15) is 53.8 Å². The molecule has 1 fully saturated rings. The highest BCUT2D eigenvalue weighted by atomic mass is 16.5. The van der Waals surface area contributed by atoms with Gasteiger partial charge in [-0.15, -0.1) is 0 Å². The van der Waals surface area contributed by atoms with Gasteiger partial charge in [0.15, 0.2) is 6.61 Å². The molecule has 2 atom stereocenters. The van der Waals surface area contributed by atoms with Crippen LogP contribution in [0.2, 0.25) is 0 Å². The van der Waals surface area contributed by atoms with Crippen LogP contribution in [0.25, 0.3) is 10.8 Å². The Hall–Kier alpha value is -3.22. The number of rotatable bonds is 6. The number of piperidine rings is 1. The lowest BCUT2D eigenvalue weighted by Gasteiger charge is -2.34. The van der Waals surface area contributed by atoms with Crippen LogP contribution in [0.4, 0.5) is 0 Å². The molecule has 0 spiro atoms. The lowest BCUT2D eigenvalue weighted by atomic mass is 9.92. The van der Waals surface area contributed by atoms with Crippen molar-refractivity contribution in [2.75, 3.05) is 26.2 Å². The molecule has 0 aliphatic carbocycles. The molecule has 0 aromatic heterocycles. The maximum atomic E-state index is 12.9. The quantitative estimate of drug-likeness (QED) is 0.513. The largest absolute Gasteiger partial charge is 0.456 e. The lowest BCUT2D eigenvalue weighted by Crippen LogP contribution is -2.44. The number of amides is 3. The van der Waals surface area contributed by atoms with Crippen molar-refractivity contribution in [1.82, 2.24) is 9.80 Å². The molecule has 2 heterocycles. The molecular weight excluding hydrogens is 408 g/mol. The number of imide groups is 1. The molecule has 168 valence electrons. The van der Waals surface area contributed by atoms with Crippen LogP contribution in [0, 0.1) is 11.8 Å². The molecular formula is C25H28N2O5. The Morgan fingerprint density at radius 3 is 2.16 bits per heavy atom. The number of benzene rings is 2. The van der Waals surface area contributed by atoms with Gasteiger partial charge in [-0.2, -0.15) is 0 Å². The van der Waals surface area contributed by atoms with Crippen molar-refractivity contribution in [3.8, 4) is 0 Å². The van der Waals surface area contributed by atoms with Gasteiger partial charge >= 0.3 is 5.97 Å². The van der Waals surface area contributed by atoms with E-state index in [1.807, 2.05) is 12.1 Å². The van der Waals surface area contributed by atoms with Gasteiger partial charge in [0.1, 0.15) is 0 Å². The summed E-state index contributed by atoms with van der Waals surface area (Å²) in [5, 5.41) is 1.53. The van der Waals surface area contributed by atoms with E-state index in [1.54, 1.807) is 29.2 Å². The number of likely N-dealkylation sites (tertiary alicyclic amines) is 1. The Morgan fingerprint density at radius 2 is 1.56 bits per heavy atom. The van der Waals surface area contributed by atoms with Crippen LogP contribution < -0.4 is 0 Å². The van der Waals surface area contributed by atoms with E-state index in [-0.39, 0.29) is 43.7 Å². The minimum atomic E-state index is -0.504. The standard InChI is InChI=1S/C25H28N2O5/c1-16-12-17(2)14-26(13-16)21(28)15-32-22(29)10-5-11-27-24(30)19-8-3-6-18-7-4-9-20(23(18)19)25(27)31/h3-4,6-9,16-17H,5,10-15H2,1-2H3/t16-,17-/m1/s1.